The Balaban J connectivity index is 1.75. The van der Waals surface area contributed by atoms with Crippen LogP contribution in [0.5, 0.6) is 0 Å². The highest BCUT2D eigenvalue weighted by atomic mass is 16.6. The van der Waals surface area contributed by atoms with Crippen LogP contribution in [-0.2, 0) is 9.53 Å². The van der Waals surface area contributed by atoms with Crippen LogP contribution in [0.15, 0.2) is 48.8 Å². The number of benzene rings is 1. The predicted molar refractivity (Wildman–Crippen MR) is 101 cm³/mol. The van der Waals surface area contributed by atoms with Crippen LogP contribution in [0.2, 0.25) is 0 Å². The standard InChI is InChI=1S/C20H21N3O5/c24-19(22-16-4-2-1-3-5-16)18(14-10-12-21-13-11-14)28-20(25)15-6-8-17(9-7-15)23(26)27/h6-13,16,18H,1-5H2,(H,22,24). The van der Waals surface area contributed by atoms with Gasteiger partial charge in [0.05, 0.1) is 10.5 Å². The van der Waals surface area contributed by atoms with Crippen LogP contribution in [-0.4, -0.2) is 27.8 Å². The van der Waals surface area contributed by atoms with Crippen molar-refractivity contribution in [3.63, 3.8) is 0 Å². The Morgan fingerprint density at radius 2 is 1.71 bits per heavy atom. The summed E-state index contributed by atoms with van der Waals surface area (Å²) in [5.74, 6) is -1.11. The number of hydrogen-bond acceptors (Lipinski definition) is 6. The first kappa shape index (κ1) is 19.5. The second-order valence-corrected chi connectivity index (χ2v) is 6.71. The average molecular weight is 383 g/mol. The molecule has 2 aromatic rings. The van der Waals surface area contributed by atoms with E-state index in [1.807, 2.05) is 0 Å². The third-order valence-electron chi connectivity index (χ3n) is 4.74. The summed E-state index contributed by atoms with van der Waals surface area (Å²) in [6, 6.07) is 8.37. The molecule has 28 heavy (non-hydrogen) atoms. The van der Waals surface area contributed by atoms with E-state index in [4.69, 9.17) is 4.74 Å². The topological polar surface area (TPSA) is 111 Å². The number of carbonyl (C=O) groups excluding carboxylic acids is 2. The number of aromatic nitrogens is 1. The lowest BCUT2D eigenvalue weighted by Crippen LogP contribution is -2.40. The number of nitrogens with zero attached hydrogens (tertiary/aromatic N) is 2. The lowest BCUT2D eigenvalue weighted by Gasteiger charge is -2.25. The number of non-ortho nitro benzene ring substituents is 1. The van der Waals surface area contributed by atoms with Gasteiger partial charge in [-0.2, -0.15) is 0 Å². The number of hydrogen-bond donors (Lipinski definition) is 1. The molecular weight excluding hydrogens is 362 g/mol. The van der Waals surface area contributed by atoms with Gasteiger partial charge >= 0.3 is 5.97 Å². The highest BCUT2D eigenvalue weighted by Gasteiger charge is 2.28. The van der Waals surface area contributed by atoms with Crippen molar-refractivity contribution in [3.05, 3.63) is 70.0 Å². The first-order valence-corrected chi connectivity index (χ1v) is 9.20. The van der Waals surface area contributed by atoms with Gasteiger partial charge in [-0.15, -0.1) is 0 Å². The molecule has 1 aromatic carbocycles. The molecule has 0 bridgehead atoms. The number of nitro groups is 1. The Kier molecular flexibility index (Phi) is 6.31. The second-order valence-electron chi connectivity index (χ2n) is 6.71. The van der Waals surface area contributed by atoms with Crippen LogP contribution in [0.3, 0.4) is 0 Å². The molecule has 0 saturated heterocycles. The number of pyridine rings is 1. The zero-order chi connectivity index (χ0) is 19.9. The smallest absolute Gasteiger partial charge is 0.339 e. The van der Waals surface area contributed by atoms with E-state index >= 15 is 0 Å². The van der Waals surface area contributed by atoms with Crippen molar-refractivity contribution in [2.75, 3.05) is 0 Å². The fourth-order valence-electron chi connectivity index (χ4n) is 3.23. The van der Waals surface area contributed by atoms with Crippen molar-refractivity contribution in [3.8, 4) is 0 Å². The second kappa shape index (κ2) is 9.07. The summed E-state index contributed by atoms with van der Waals surface area (Å²) in [4.78, 5) is 39.5. The number of nitro benzene ring substituents is 1. The van der Waals surface area contributed by atoms with Crippen molar-refractivity contribution >= 4 is 17.6 Å². The largest absolute Gasteiger partial charge is 0.444 e. The molecule has 0 spiro atoms. The van der Waals surface area contributed by atoms with E-state index in [1.165, 1.54) is 36.7 Å². The molecule has 8 heteroatoms. The molecule has 1 aliphatic carbocycles. The van der Waals surface area contributed by atoms with Crippen LogP contribution < -0.4 is 5.32 Å². The number of ether oxygens (including phenoxy) is 1. The van der Waals surface area contributed by atoms with E-state index in [0.717, 1.165) is 32.1 Å². The van der Waals surface area contributed by atoms with Crippen molar-refractivity contribution in [1.82, 2.24) is 10.3 Å². The summed E-state index contributed by atoms with van der Waals surface area (Å²) < 4.78 is 5.48. The summed E-state index contributed by atoms with van der Waals surface area (Å²) in [6.45, 7) is 0. The molecule has 1 heterocycles. The summed E-state index contributed by atoms with van der Waals surface area (Å²) >= 11 is 0. The van der Waals surface area contributed by atoms with Gasteiger partial charge in [0.1, 0.15) is 0 Å². The van der Waals surface area contributed by atoms with Crippen LogP contribution in [0.1, 0.15) is 54.1 Å². The average Bonchev–Trinajstić information content (AvgIpc) is 2.73. The molecule has 1 unspecified atom stereocenters. The molecule has 146 valence electrons. The van der Waals surface area contributed by atoms with Gasteiger partial charge in [-0.3, -0.25) is 19.9 Å². The Morgan fingerprint density at radius 1 is 1.07 bits per heavy atom. The van der Waals surface area contributed by atoms with E-state index < -0.39 is 17.0 Å². The van der Waals surface area contributed by atoms with Gasteiger partial charge in [0.15, 0.2) is 0 Å². The quantitative estimate of drug-likeness (QED) is 0.465. The van der Waals surface area contributed by atoms with Gasteiger partial charge in [0, 0.05) is 36.1 Å². The number of esters is 1. The molecule has 0 aliphatic heterocycles. The molecular formula is C20H21N3O5. The molecule has 1 saturated carbocycles. The lowest BCUT2D eigenvalue weighted by molar-refractivity contribution is -0.384. The Hall–Kier alpha value is -3.29. The zero-order valence-corrected chi connectivity index (χ0v) is 15.2. The summed E-state index contributed by atoms with van der Waals surface area (Å²) in [5.41, 5.74) is 0.519. The highest BCUT2D eigenvalue weighted by Crippen LogP contribution is 2.23. The first-order valence-electron chi connectivity index (χ1n) is 9.20. The van der Waals surface area contributed by atoms with Crippen molar-refractivity contribution < 1.29 is 19.2 Å². The maximum atomic E-state index is 12.8. The van der Waals surface area contributed by atoms with Gasteiger partial charge < -0.3 is 10.1 Å². The summed E-state index contributed by atoms with van der Waals surface area (Å²) in [5, 5.41) is 13.7. The number of rotatable bonds is 6. The molecule has 1 aliphatic rings. The van der Waals surface area contributed by atoms with Crippen LogP contribution in [0.4, 0.5) is 5.69 Å². The van der Waals surface area contributed by atoms with E-state index in [-0.39, 0.29) is 23.2 Å². The molecule has 1 N–H and O–H groups in total. The van der Waals surface area contributed by atoms with Gasteiger partial charge in [0.2, 0.25) is 6.10 Å². The molecule has 1 fully saturated rings. The minimum absolute atomic E-state index is 0.0728. The van der Waals surface area contributed by atoms with E-state index in [1.54, 1.807) is 12.1 Å². The Morgan fingerprint density at radius 3 is 2.32 bits per heavy atom. The third-order valence-corrected chi connectivity index (χ3v) is 4.74. The Bertz CT molecular complexity index is 833. The molecule has 1 atom stereocenters. The predicted octanol–water partition coefficient (Wildman–Crippen LogP) is 3.34. The maximum absolute atomic E-state index is 12.8. The lowest BCUT2D eigenvalue weighted by atomic mass is 9.95. The summed E-state index contributed by atoms with van der Waals surface area (Å²) in [7, 11) is 0. The first-order chi connectivity index (χ1) is 13.5. The maximum Gasteiger partial charge on any atom is 0.339 e. The minimum atomic E-state index is -1.12. The zero-order valence-electron chi connectivity index (χ0n) is 15.2. The molecule has 3 rings (SSSR count). The van der Waals surface area contributed by atoms with Crippen molar-refractivity contribution in [2.24, 2.45) is 0 Å². The summed E-state index contributed by atoms with van der Waals surface area (Å²) in [6.07, 6.45) is 7.03. The third kappa shape index (κ3) is 4.91. The normalized spacial score (nSPS) is 15.4. The molecule has 0 radical (unpaired) electrons. The van der Waals surface area contributed by atoms with E-state index in [0.29, 0.717) is 5.56 Å². The highest BCUT2D eigenvalue weighted by molar-refractivity contribution is 5.93. The van der Waals surface area contributed by atoms with Crippen LogP contribution in [0, 0.1) is 10.1 Å². The van der Waals surface area contributed by atoms with Gasteiger partial charge in [-0.05, 0) is 37.1 Å². The van der Waals surface area contributed by atoms with E-state index in [2.05, 4.69) is 10.3 Å². The SMILES string of the molecule is O=C(OC(C(=O)NC1CCCCC1)c1ccncc1)c1ccc([N+](=O)[O-])cc1. The van der Waals surface area contributed by atoms with Crippen molar-refractivity contribution in [2.45, 2.75) is 44.2 Å². The Labute approximate surface area is 162 Å². The number of nitrogens with one attached hydrogen (secondary N) is 1. The minimum Gasteiger partial charge on any atom is -0.444 e. The van der Waals surface area contributed by atoms with Crippen LogP contribution in [0.25, 0.3) is 0 Å². The monoisotopic (exact) mass is 383 g/mol. The number of amides is 1. The van der Waals surface area contributed by atoms with Crippen molar-refractivity contribution in [1.29, 1.82) is 0 Å². The van der Waals surface area contributed by atoms with Gasteiger partial charge in [-0.25, -0.2) is 4.79 Å². The van der Waals surface area contributed by atoms with Crippen LogP contribution >= 0.6 is 0 Å². The fraction of sp³-hybridized carbons (Fsp3) is 0.350. The van der Waals surface area contributed by atoms with E-state index in [9.17, 15) is 19.7 Å². The number of carbonyl (C=O) groups is 2. The molecule has 1 amide bonds. The molecule has 8 nitrogen and oxygen atoms in total. The fourth-order valence-corrected chi connectivity index (χ4v) is 3.23. The molecule has 1 aromatic heterocycles. The van der Waals surface area contributed by atoms with Gasteiger partial charge in [-0.1, -0.05) is 19.3 Å². The van der Waals surface area contributed by atoms with Gasteiger partial charge in [0.25, 0.3) is 11.6 Å².